The number of carbonyl (C=O) groups excluding carboxylic acids is 3. The van der Waals surface area contributed by atoms with E-state index in [4.69, 9.17) is 14.2 Å². The van der Waals surface area contributed by atoms with Crippen LogP contribution in [0.1, 0.15) is 278 Å². The number of hydrogen-bond acceptors (Lipinski definition) is 6. The summed E-state index contributed by atoms with van der Waals surface area (Å²) in [7, 11) is 0. The monoisotopic (exact) mass is 857 g/mol. The van der Waals surface area contributed by atoms with Crippen molar-refractivity contribution in [3.8, 4) is 0 Å². The summed E-state index contributed by atoms with van der Waals surface area (Å²) in [5, 5.41) is 0. The van der Waals surface area contributed by atoms with Gasteiger partial charge in [0.15, 0.2) is 6.10 Å². The molecule has 0 N–H and O–H groups in total. The van der Waals surface area contributed by atoms with Crippen molar-refractivity contribution in [3.63, 3.8) is 0 Å². The molecule has 61 heavy (non-hydrogen) atoms. The molecule has 0 aromatic carbocycles. The van der Waals surface area contributed by atoms with Crippen LogP contribution in [0.5, 0.6) is 0 Å². The van der Waals surface area contributed by atoms with Crippen LogP contribution in [0.2, 0.25) is 0 Å². The van der Waals surface area contributed by atoms with Crippen molar-refractivity contribution in [3.05, 3.63) is 36.5 Å². The molecule has 0 rings (SSSR count). The van der Waals surface area contributed by atoms with E-state index < -0.39 is 6.10 Å². The maximum absolute atomic E-state index is 12.8. The Balaban J connectivity index is 4.29. The predicted octanol–water partition coefficient (Wildman–Crippen LogP) is 17.3. The van der Waals surface area contributed by atoms with E-state index in [2.05, 4.69) is 57.2 Å². The van der Waals surface area contributed by atoms with Gasteiger partial charge >= 0.3 is 17.9 Å². The smallest absolute Gasteiger partial charge is 0.306 e. The summed E-state index contributed by atoms with van der Waals surface area (Å²) in [6, 6.07) is 0. The Morgan fingerprint density at radius 2 is 0.607 bits per heavy atom. The topological polar surface area (TPSA) is 78.9 Å². The fraction of sp³-hybridized carbons (Fsp3) is 0.836. The lowest BCUT2D eigenvalue weighted by molar-refractivity contribution is -0.167. The third-order valence-corrected chi connectivity index (χ3v) is 11.6. The molecule has 1 unspecified atom stereocenters. The molecule has 0 radical (unpaired) electrons. The Labute approximate surface area is 378 Å². The van der Waals surface area contributed by atoms with Gasteiger partial charge in [0, 0.05) is 19.3 Å². The van der Waals surface area contributed by atoms with Crippen molar-refractivity contribution in [1.82, 2.24) is 0 Å². The van der Waals surface area contributed by atoms with E-state index in [1.165, 1.54) is 161 Å². The third kappa shape index (κ3) is 48.5. The van der Waals surface area contributed by atoms with Crippen LogP contribution >= 0.6 is 0 Å². The molecule has 0 saturated heterocycles. The molecule has 0 aromatic heterocycles. The summed E-state index contributed by atoms with van der Waals surface area (Å²) in [6.45, 7) is 6.58. The summed E-state index contributed by atoms with van der Waals surface area (Å²) in [5.74, 6) is -0.881. The summed E-state index contributed by atoms with van der Waals surface area (Å²) in [5.41, 5.74) is 0. The molecule has 0 aliphatic heterocycles. The highest BCUT2D eigenvalue weighted by molar-refractivity contribution is 5.71. The largest absolute Gasteiger partial charge is 0.462 e. The van der Waals surface area contributed by atoms with Crippen LogP contribution in [-0.4, -0.2) is 37.2 Å². The minimum absolute atomic E-state index is 0.0746. The first kappa shape index (κ1) is 58.6. The minimum atomic E-state index is -0.773. The van der Waals surface area contributed by atoms with E-state index >= 15 is 0 Å². The number of allylic oxidation sites excluding steroid dienone is 6. The quantitative estimate of drug-likeness (QED) is 0.0199. The van der Waals surface area contributed by atoms with E-state index in [0.29, 0.717) is 19.3 Å². The Bertz CT molecular complexity index is 1030. The van der Waals surface area contributed by atoms with Gasteiger partial charge in [0.05, 0.1) is 0 Å². The second kappa shape index (κ2) is 50.3. The SMILES string of the molecule is CCCC/C=C\CCCCCCC(=O)OCC(COC(=O)CCCCCCCCCCCC/C=C\C=C/CCCCC)OC(=O)CCCCCCCCCCCCCCCC. The second-order valence-electron chi connectivity index (χ2n) is 17.8. The number of esters is 3. The number of rotatable bonds is 48. The van der Waals surface area contributed by atoms with E-state index in [1.807, 2.05) is 0 Å². The molecule has 0 spiro atoms. The zero-order chi connectivity index (χ0) is 44.4. The van der Waals surface area contributed by atoms with E-state index in [9.17, 15) is 14.4 Å². The van der Waals surface area contributed by atoms with Gasteiger partial charge in [0.1, 0.15) is 13.2 Å². The number of hydrogen-bond donors (Lipinski definition) is 0. The molecule has 0 amide bonds. The fourth-order valence-corrected chi connectivity index (χ4v) is 7.59. The zero-order valence-corrected chi connectivity index (χ0v) is 40.7. The average Bonchev–Trinajstić information content (AvgIpc) is 3.26. The molecule has 0 fully saturated rings. The lowest BCUT2D eigenvalue weighted by Crippen LogP contribution is -2.30. The van der Waals surface area contributed by atoms with Crippen LogP contribution in [-0.2, 0) is 28.6 Å². The van der Waals surface area contributed by atoms with Crippen molar-refractivity contribution in [1.29, 1.82) is 0 Å². The van der Waals surface area contributed by atoms with Crippen LogP contribution in [0.25, 0.3) is 0 Å². The molecular formula is C55H100O6. The highest BCUT2D eigenvalue weighted by Crippen LogP contribution is 2.16. The van der Waals surface area contributed by atoms with E-state index in [-0.39, 0.29) is 31.1 Å². The molecule has 6 heteroatoms. The Morgan fingerprint density at radius 3 is 1.00 bits per heavy atom. The summed E-state index contributed by atoms with van der Waals surface area (Å²) < 4.78 is 16.8. The van der Waals surface area contributed by atoms with Gasteiger partial charge in [0.2, 0.25) is 0 Å². The maximum atomic E-state index is 12.8. The van der Waals surface area contributed by atoms with Crippen molar-refractivity contribution in [2.75, 3.05) is 13.2 Å². The van der Waals surface area contributed by atoms with Crippen molar-refractivity contribution in [2.45, 2.75) is 284 Å². The molecule has 0 saturated carbocycles. The Hall–Kier alpha value is -2.37. The maximum Gasteiger partial charge on any atom is 0.306 e. The molecule has 0 aliphatic carbocycles. The van der Waals surface area contributed by atoms with Crippen LogP contribution in [0.3, 0.4) is 0 Å². The lowest BCUT2D eigenvalue weighted by Gasteiger charge is -2.18. The third-order valence-electron chi connectivity index (χ3n) is 11.6. The highest BCUT2D eigenvalue weighted by atomic mass is 16.6. The van der Waals surface area contributed by atoms with Gasteiger partial charge in [-0.1, -0.05) is 231 Å². The van der Waals surface area contributed by atoms with Gasteiger partial charge in [-0.15, -0.1) is 0 Å². The Kier molecular flexibility index (Phi) is 48.3. The molecule has 6 nitrogen and oxygen atoms in total. The van der Waals surface area contributed by atoms with Gasteiger partial charge in [-0.3, -0.25) is 14.4 Å². The summed E-state index contributed by atoms with van der Waals surface area (Å²) in [4.78, 5) is 37.9. The number of carbonyl (C=O) groups is 3. The standard InChI is InChI=1S/C55H100O6/c1-4-7-10-13-16-19-22-24-26-27-28-29-30-32-33-36-39-42-45-48-54(57)60-51-52(50-59-53(56)47-44-41-38-35-21-18-15-12-9-6-3)61-55(58)49-46-43-40-37-34-31-25-23-20-17-14-11-8-5-2/h15-16,18-19,22,24,52H,4-14,17,20-21,23,25-51H2,1-3H3/b18-15-,19-16-,24-22-. The molecule has 0 aliphatic rings. The second-order valence-corrected chi connectivity index (χ2v) is 17.8. The number of unbranched alkanes of at least 4 members (excludes halogenated alkanes) is 32. The van der Waals surface area contributed by atoms with E-state index in [1.54, 1.807) is 0 Å². The summed E-state index contributed by atoms with van der Waals surface area (Å²) >= 11 is 0. The van der Waals surface area contributed by atoms with Crippen LogP contribution in [0.15, 0.2) is 36.5 Å². The minimum Gasteiger partial charge on any atom is -0.462 e. The Morgan fingerprint density at radius 1 is 0.328 bits per heavy atom. The first-order valence-electron chi connectivity index (χ1n) is 26.5. The van der Waals surface area contributed by atoms with Gasteiger partial charge < -0.3 is 14.2 Å². The molecular weight excluding hydrogens is 757 g/mol. The fourth-order valence-electron chi connectivity index (χ4n) is 7.59. The van der Waals surface area contributed by atoms with Crippen molar-refractivity contribution < 1.29 is 28.6 Å². The molecule has 356 valence electrons. The first-order valence-corrected chi connectivity index (χ1v) is 26.5. The number of ether oxygens (including phenoxy) is 3. The average molecular weight is 857 g/mol. The lowest BCUT2D eigenvalue weighted by atomic mass is 10.0. The van der Waals surface area contributed by atoms with Gasteiger partial charge in [-0.2, -0.15) is 0 Å². The van der Waals surface area contributed by atoms with Crippen LogP contribution < -0.4 is 0 Å². The summed E-state index contributed by atoms with van der Waals surface area (Å²) in [6.07, 6.45) is 58.4. The van der Waals surface area contributed by atoms with E-state index in [0.717, 1.165) is 77.0 Å². The van der Waals surface area contributed by atoms with Crippen molar-refractivity contribution >= 4 is 17.9 Å². The van der Waals surface area contributed by atoms with Crippen LogP contribution in [0.4, 0.5) is 0 Å². The molecule has 0 bridgehead atoms. The molecule has 1 atom stereocenters. The first-order chi connectivity index (χ1) is 30.0. The van der Waals surface area contributed by atoms with Crippen molar-refractivity contribution in [2.24, 2.45) is 0 Å². The molecule has 0 aromatic rings. The highest BCUT2D eigenvalue weighted by Gasteiger charge is 2.19. The van der Waals surface area contributed by atoms with Gasteiger partial charge in [0.25, 0.3) is 0 Å². The van der Waals surface area contributed by atoms with Gasteiger partial charge in [-0.25, -0.2) is 0 Å². The predicted molar refractivity (Wildman–Crippen MR) is 261 cm³/mol. The normalized spacial score (nSPS) is 12.2. The van der Waals surface area contributed by atoms with Gasteiger partial charge in [-0.05, 0) is 64.2 Å². The zero-order valence-electron chi connectivity index (χ0n) is 40.7. The van der Waals surface area contributed by atoms with Crippen LogP contribution in [0, 0.1) is 0 Å². The molecule has 0 heterocycles.